The second kappa shape index (κ2) is 4.70. The fourth-order valence-corrected chi connectivity index (χ4v) is 0.947. The normalized spacial score (nSPS) is 15.2. The molecule has 0 amide bonds. The van der Waals surface area contributed by atoms with Gasteiger partial charge in [-0.1, -0.05) is 13.8 Å². The van der Waals surface area contributed by atoms with Gasteiger partial charge in [-0.3, -0.25) is 0 Å². The van der Waals surface area contributed by atoms with Crippen LogP contribution < -0.4 is 5.73 Å². The van der Waals surface area contributed by atoms with Crippen LogP contribution in [0.1, 0.15) is 33.1 Å². The Hall–Kier alpha value is -0.250. The molecule has 1 unspecified atom stereocenters. The third kappa shape index (κ3) is 7.85. The van der Waals surface area contributed by atoms with Crippen molar-refractivity contribution in [3.8, 4) is 0 Å². The molecule has 1 atom stereocenters. The maximum atomic E-state index is 11.8. The smallest absolute Gasteiger partial charge is 0.327 e. The average molecular weight is 183 g/mol. The van der Waals surface area contributed by atoms with E-state index >= 15 is 0 Å². The van der Waals surface area contributed by atoms with Gasteiger partial charge in [-0.05, 0) is 18.8 Å². The van der Waals surface area contributed by atoms with Crippen molar-refractivity contribution in [3.05, 3.63) is 0 Å². The first-order valence-electron chi connectivity index (χ1n) is 4.13. The summed E-state index contributed by atoms with van der Waals surface area (Å²) in [7, 11) is 0. The zero-order valence-electron chi connectivity index (χ0n) is 7.49. The van der Waals surface area contributed by atoms with Gasteiger partial charge in [0.15, 0.2) is 0 Å². The summed E-state index contributed by atoms with van der Waals surface area (Å²) < 4.78 is 35.3. The van der Waals surface area contributed by atoms with Gasteiger partial charge in [-0.25, -0.2) is 0 Å². The van der Waals surface area contributed by atoms with Gasteiger partial charge in [-0.15, -0.1) is 0 Å². The summed E-state index contributed by atoms with van der Waals surface area (Å²) in [6.07, 6.45) is -3.76. The molecule has 0 aromatic carbocycles. The Morgan fingerprint density at radius 2 is 1.67 bits per heavy atom. The minimum Gasteiger partial charge on any atom is -0.327 e. The minimum absolute atomic E-state index is 0.421. The van der Waals surface area contributed by atoms with Gasteiger partial charge in [0.25, 0.3) is 0 Å². The van der Waals surface area contributed by atoms with Gasteiger partial charge < -0.3 is 5.73 Å². The molecule has 0 rings (SSSR count). The van der Waals surface area contributed by atoms with E-state index in [-0.39, 0.29) is 0 Å². The van der Waals surface area contributed by atoms with Gasteiger partial charge in [-0.2, -0.15) is 13.2 Å². The Bertz CT molecular complexity index is 120. The van der Waals surface area contributed by atoms with Crippen LogP contribution >= 0.6 is 0 Å². The molecule has 1 nitrogen and oxygen atoms in total. The lowest BCUT2D eigenvalue weighted by Crippen LogP contribution is -2.27. The molecular weight excluding hydrogens is 167 g/mol. The van der Waals surface area contributed by atoms with Crippen LogP contribution in [0.3, 0.4) is 0 Å². The van der Waals surface area contributed by atoms with Crippen LogP contribution in [0, 0.1) is 5.92 Å². The predicted octanol–water partition coefficient (Wildman–Crippen LogP) is 2.70. The summed E-state index contributed by atoms with van der Waals surface area (Å²) in [4.78, 5) is 0. The summed E-state index contributed by atoms with van der Waals surface area (Å²) in [5, 5.41) is 0. The fraction of sp³-hybridized carbons (Fsp3) is 1.00. The van der Waals surface area contributed by atoms with E-state index in [0.717, 1.165) is 6.42 Å². The van der Waals surface area contributed by atoms with Crippen LogP contribution in [0.5, 0.6) is 0 Å². The van der Waals surface area contributed by atoms with Crippen LogP contribution in [-0.2, 0) is 0 Å². The van der Waals surface area contributed by atoms with E-state index in [0.29, 0.717) is 12.3 Å². The van der Waals surface area contributed by atoms with E-state index < -0.39 is 18.6 Å². The predicted molar refractivity (Wildman–Crippen MR) is 42.7 cm³/mol. The minimum atomic E-state index is -4.11. The molecule has 74 valence electrons. The zero-order chi connectivity index (χ0) is 9.78. The van der Waals surface area contributed by atoms with E-state index in [4.69, 9.17) is 5.73 Å². The van der Waals surface area contributed by atoms with Crippen LogP contribution in [-0.4, -0.2) is 12.2 Å². The van der Waals surface area contributed by atoms with Crippen LogP contribution in [0.2, 0.25) is 0 Å². The SMILES string of the molecule is CC(C)CCC(N)CC(F)(F)F. The topological polar surface area (TPSA) is 26.0 Å². The number of nitrogens with two attached hydrogens (primary N) is 1. The Morgan fingerprint density at radius 1 is 1.17 bits per heavy atom. The second-order valence-electron chi connectivity index (χ2n) is 3.55. The first-order chi connectivity index (χ1) is 5.31. The number of alkyl halides is 3. The summed E-state index contributed by atoms with van der Waals surface area (Å²) in [6.45, 7) is 3.95. The number of hydrogen-bond acceptors (Lipinski definition) is 1. The van der Waals surface area contributed by atoms with Crippen molar-refractivity contribution < 1.29 is 13.2 Å². The number of hydrogen-bond donors (Lipinski definition) is 1. The van der Waals surface area contributed by atoms with Crippen molar-refractivity contribution in [2.24, 2.45) is 11.7 Å². The second-order valence-corrected chi connectivity index (χ2v) is 3.55. The van der Waals surface area contributed by atoms with E-state index in [1.54, 1.807) is 0 Å². The van der Waals surface area contributed by atoms with Crippen molar-refractivity contribution in [1.29, 1.82) is 0 Å². The van der Waals surface area contributed by atoms with Gasteiger partial charge in [0, 0.05) is 6.04 Å². The highest BCUT2D eigenvalue weighted by Crippen LogP contribution is 2.22. The van der Waals surface area contributed by atoms with Crippen molar-refractivity contribution in [2.75, 3.05) is 0 Å². The molecule has 0 bridgehead atoms. The van der Waals surface area contributed by atoms with Gasteiger partial charge >= 0.3 is 6.18 Å². The van der Waals surface area contributed by atoms with Crippen molar-refractivity contribution in [1.82, 2.24) is 0 Å². The van der Waals surface area contributed by atoms with Crippen LogP contribution in [0.15, 0.2) is 0 Å². The molecule has 0 heterocycles. The summed E-state index contributed by atoms with van der Waals surface area (Å²) in [5.74, 6) is 0.421. The molecule has 0 saturated carbocycles. The first-order valence-corrected chi connectivity index (χ1v) is 4.13. The molecule has 2 N–H and O–H groups in total. The Kier molecular flexibility index (Phi) is 4.60. The van der Waals surface area contributed by atoms with Crippen molar-refractivity contribution in [3.63, 3.8) is 0 Å². The lowest BCUT2D eigenvalue weighted by Gasteiger charge is -2.14. The van der Waals surface area contributed by atoms with Crippen molar-refractivity contribution >= 4 is 0 Å². The van der Waals surface area contributed by atoms with Crippen LogP contribution in [0.25, 0.3) is 0 Å². The average Bonchev–Trinajstić information content (AvgIpc) is 1.79. The highest BCUT2D eigenvalue weighted by atomic mass is 19.4. The molecule has 0 fully saturated rings. The van der Waals surface area contributed by atoms with E-state index in [2.05, 4.69) is 0 Å². The van der Waals surface area contributed by atoms with Gasteiger partial charge in [0.1, 0.15) is 0 Å². The standard InChI is InChI=1S/C8H16F3N/c1-6(2)3-4-7(12)5-8(9,10)11/h6-7H,3-5,12H2,1-2H3. The van der Waals surface area contributed by atoms with Gasteiger partial charge in [0.05, 0.1) is 6.42 Å². The molecule has 0 saturated heterocycles. The Morgan fingerprint density at radius 3 is 2.00 bits per heavy atom. The monoisotopic (exact) mass is 183 g/mol. The van der Waals surface area contributed by atoms with E-state index in [1.165, 1.54) is 0 Å². The highest BCUT2D eigenvalue weighted by Gasteiger charge is 2.29. The summed E-state index contributed by atoms with van der Waals surface area (Å²) >= 11 is 0. The first kappa shape index (κ1) is 11.8. The van der Waals surface area contributed by atoms with Gasteiger partial charge in [0.2, 0.25) is 0 Å². The van der Waals surface area contributed by atoms with E-state index in [1.807, 2.05) is 13.8 Å². The van der Waals surface area contributed by atoms with Crippen LogP contribution in [0.4, 0.5) is 13.2 Å². The summed E-state index contributed by atoms with van der Waals surface area (Å²) in [6, 6.07) is -0.729. The molecule has 0 aliphatic heterocycles. The molecule has 0 aromatic heterocycles. The third-order valence-corrected chi connectivity index (χ3v) is 1.61. The summed E-state index contributed by atoms with van der Waals surface area (Å²) in [5.41, 5.74) is 5.29. The maximum Gasteiger partial charge on any atom is 0.390 e. The largest absolute Gasteiger partial charge is 0.390 e. The Labute approximate surface area is 71.1 Å². The fourth-order valence-electron chi connectivity index (χ4n) is 0.947. The number of rotatable bonds is 4. The molecule has 4 heteroatoms. The molecule has 0 radical (unpaired) electrons. The molecule has 0 spiro atoms. The quantitative estimate of drug-likeness (QED) is 0.712. The molecule has 12 heavy (non-hydrogen) atoms. The zero-order valence-corrected chi connectivity index (χ0v) is 7.49. The highest BCUT2D eigenvalue weighted by molar-refractivity contribution is 4.66. The maximum absolute atomic E-state index is 11.8. The Balaban J connectivity index is 3.53. The van der Waals surface area contributed by atoms with Crippen molar-refractivity contribution in [2.45, 2.75) is 45.3 Å². The molecular formula is C8H16F3N. The lowest BCUT2D eigenvalue weighted by atomic mass is 10.0. The molecule has 0 aliphatic rings. The third-order valence-electron chi connectivity index (χ3n) is 1.61. The van der Waals surface area contributed by atoms with E-state index in [9.17, 15) is 13.2 Å². The molecule has 0 aromatic rings. The molecule has 0 aliphatic carbocycles. The lowest BCUT2D eigenvalue weighted by molar-refractivity contribution is -0.138. The number of halogens is 3.